The summed E-state index contributed by atoms with van der Waals surface area (Å²) in [6.07, 6.45) is 7.95. The van der Waals surface area contributed by atoms with E-state index in [4.69, 9.17) is 9.15 Å². The Balaban J connectivity index is 1.23. The number of nitrogens with zero attached hydrogens (tertiary/aromatic N) is 3. The van der Waals surface area contributed by atoms with Crippen LogP contribution in [0.1, 0.15) is 32.1 Å². The molecule has 1 aliphatic carbocycles. The smallest absolute Gasteiger partial charge is 0.235 e. The number of benzene rings is 2. The maximum absolute atomic E-state index is 13.5. The lowest BCUT2D eigenvalue weighted by molar-refractivity contribution is 0.205. The largest absolute Gasteiger partial charge is 0.486 e. The molecule has 0 radical (unpaired) electrons. The first-order chi connectivity index (χ1) is 18.3. The lowest BCUT2D eigenvalue weighted by Crippen LogP contribution is -2.46. The van der Waals surface area contributed by atoms with E-state index in [9.17, 15) is 4.79 Å². The minimum Gasteiger partial charge on any atom is -0.486 e. The number of ether oxygens (including phenoxy) is 1. The Kier molecular flexibility index (Phi) is 6.80. The summed E-state index contributed by atoms with van der Waals surface area (Å²) in [6.45, 7) is 4.27. The van der Waals surface area contributed by atoms with E-state index in [0.717, 1.165) is 56.1 Å². The molecule has 2 aliphatic rings. The van der Waals surface area contributed by atoms with Gasteiger partial charge in [0.2, 0.25) is 11.2 Å². The molecule has 0 atom stereocenters. The van der Waals surface area contributed by atoms with Crippen LogP contribution in [-0.2, 0) is 0 Å². The molecular weight excluding hydrogens is 462 g/mol. The second kappa shape index (κ2) is 10.7. The van der Waals surface area contributed by atoms with Crippen LogP contribution in [-0.4, -0.2) is 37.8 Å². The monoisotopic (exact) mass is 495 g/mol. The second-order valence-electron chi connectivity index (χ2n) is 10.1. The van der Waals surface area contributed by atoms with Gasteiger partial charge in [-0.3, -0.25) is 4.79 Å². The first-order valence-corrected chi connectivity index (χ1v) is 13.5. The molecule has 2 aromatic carbocycles. The summed E-state index contributed by atoms with van der Waals surface area (Å²) in [4.78, 5) is 22.7. The molecule has 6 heteroatoms. The van der Waals surface area contributed by atoms with Gasteiger partial charge < -0.3 is 19.0 Å². The topological polar surface area (TPSA) is 58.8 Å². The van der Waals surface area contributed by atoms with E-state index in [2.05, 4.69) is 33.0 Å². The Morgan fingerprint density at radius 3 is 2.32 bits per heavy atom. The highest BCUT2D eigenvalue weighted by Crippen LogP contribution is 2.33. The third kappa shape index (κ3) is 5.06. The van der Waals surface area contributed by atoms with Gasteiger partial charge >= 0.3 is 0 Å². The molecule has 0 N–H and O–H groups in total. The molecule has 6 rings (SSSR count). The third-order valence-electron chi connectivity index (χ3n) is 7.69. The number of pyridine rings is 1. The SMILES string of the molecule is O=c1c(OCC2CCCCC2)c(-c2ccc(N3CCN(c4ccccn4)CC3)cc2)oc2ccccc12. The Hall–Kier alpha value is -3.80. The van der Waals surface area contributed by atoms with Crippen molar-refractivity contribution >= 4 is 22.5 Å². The molecule has 3 heterocycles. The van der Waals surface area contributed by atoms with E-state index in [1.165, 1.54) is 19.3 Å². The highest BCUT2D eigenvalue weighted by molar-refractivity contribution is 5.82. The Labute approximate surface area is 217 Å². The van der Waals surface area contributed by atoms with E-state index in [-0.39, 0.29) is 5.43 Å². The van der Waals surface area contributed by atoms with Crippen LogP contribution in [0.2, 0.25) is 0 Å². The van der Waals surface area contributed by atoms with E-state index < -0.39 is 0 Å². The predicted molar refractivity (Wildman–Crippen MR) is 149 cm³/mol. The van der Waals surface area contributed by atoms with E-state index in [1.54, 1.807) is 0 Å². The molecule has 0 spiro atoms. The maximum atomic E-state index is 13.5. The van der Waals surface area contributed by atoms with Gasteiger partial charge in [-0.25, -0.2) is 4.98 Å². The summed E-state index contributed by atoms with van der Waals surface area (Å²) in [5.41, 5.74) is 2.51. The van der Waals surface area contributed by atoms with Crippen molar-refractivity contribution in [3.63, 3.8) is 0 Å². The van der Waals surface area contributed by atoms with Gasteiger partial charge in [-0.2, -0.15) is 0 Å². The van der Waals surface area contributed by atoms with Crippen molar-refractivity contribution in [2.75, 3.05) is 42.6 Å². The quantitative estimate of drug-likeness (QED) is 0.320. The number of rotatable bonds is 6. The fourth-order valence-corrected chi connectivity index (χ4v) is 5.56. The van der Waals surface area contributed by atoms with Crippen molar-refractivity contribution in [1.82, 2.24) is 4.98 Å². The third-order valence-corrected chi connectivity index (χ3v) is 7.69. The highest BCUT2D eigenvalue weighted by Gasteiger charge is 2.22. The van der Waals surface area contributed by atoms with Gasteiger partial charge in [-0.1, -0.05) is 37.5 Å². The number of para-hydroxylation sites is 1. The average Bonchev–Trinajstić information content (AvgIpc) is 2.98. The maximum Gasteiger partial charge on any atom is 0.235 e. The molecule has 0 bridgehead atoms. The van der Waals surface area contributed by atoms with E-state index >= 15 is 0 Å². The minimum absolute atomic E-state index is 0.0950. The number of aromatic nitrogens is 1. The van der Waals surface area contributed by atoms with Gasteiger partial charge in [0.25, 0.3) is 0 Å². The molecule has 37 heavy (non-hydrogen) atoms. The van der Waals surface area contributed by atoms with Crippen molar-refractivity contribution in [1.29, 1.82) is 0 Å². The number of anilines is 2. The molecule has 190 valence electrons. The fraction of sp³-hybridized carbons (Fsp3) is 0.355. The van der Waals surface area contributed by atoms with E-state index in [0.29, 0.717) is 35.0 Å². The first-order valence-electron chi connectivity index (χ1n) is 13.5. The van der Waals surface area contributed by atoms with Gasteiger partial charge in [0.1, 0.15) is 11.4 Å². The average molecular weight is 496 g/mol. The van der Waals surface area contributed by atoms with Crippen molar-refractivity contribution in [3.05, 3.63) is 83.2 Å². The summed E-state index contributed by atoms with van der Waals surface area (Å²) >= 11 is 0. The number of piperazine rings is 1. The minimum atomic E-state index is -0.0950. The molecule has 2 fully saturated rings. The molecule has 2 aromatic heterocycles. The van der Waals surface area contributed by atoms with Crippen LogP contribution in [0.4, 0.5) is 11.5 Å². The number of hydrogen-bond donors (Lipinski definition) is 0. The van der Waals surface area contributed by atoms with Gasteiger partial charge in [-0.15, -0.1) is 0 Å². The lowest BCUT2D eigenvalue weighted by Gasteiger charge is -2.36. The second-order valence-corrected chi connectivity index (χ2v) is 10.1. The first kappa shape index (κ1) is 23.6. The van der Waals surface area contributed by atoms with Crippen molar-refractivity contribution in [2.45, 2.75) is 32.1 Å². The zero-order valence-electron chi connectivity index (χ0n) is 21.1. The molecular formula is C31H33N3O3. The predicted octanol–water partition coefficient (Wildman–Crippen LogP) is 6.14. The normalized spacial score (nSPS) is 16.8. The summed E-state index contributed by atoms with van der Waals surface area (Å²) in [5, 5.41) is 0.562. The van der Waals surface area contributed by atoms with E-state index in [1.807, 2.05) is 54.7 Å². The fourth-order valence-electron chi connectivity index (χ4n) is 5.56. The van der Waals surface area contributed by atoms with Crippen LogP contribution >= 0.6 is 0 Å². The lowest BCUT2D eigenvalue weighted by atomic mass is 9.90. The Morgan fingerprint density at radius 1 is 0.838 bits per heavy atom. The van der Waals surface area contributed by atoms with Crippen molar-refractivity contribution in [3.8, 4) is 17.1 Å². The molecule has 4 aromatic rings. The number of hydrogen-bond acceptors (Lipinski definition) is 6. The van der Waals surface area contributed by atoms with Crippen LogP contribution in [0.3, 0.4) is 0 Å². The zero-order chi connectivity index (χ0) is 25.0. The molecule has 1 saturated carbocycles. The summed E-state index contributed by atoms with van der Waals surface area (Å²) < 4.78 is 12.5. The summed E-state index contributed by atoms with van der Waals surface area (Å²) in [5.74, 6) is 2.39. The summed E-state index contributed by atoms with van der Waals surface area (Å²) in [7, 11) is 0. The van der Waals surface area contributed by atoms with Crippen LogP contribution in [0.5, 0.6) is 5.75 Å². The van der Waals surface area contributed by atoms with Gasteiger partial charge in [-0.05, 0) is 67.3 Å². The molecule has 0 unspecified atom stereocenters. The highest BCUT2D eigenvalue weighted by atomic mass is 16.5. The zero-order valence-corrected chi connectivity index (χ0v) is 21.1. The van der Waals surface area contributed by atoms with Gasteiger partial charge in [0.05, 0.1) is 12.0 Å². The van der Waals surface area contributed by atoms with Crippen LogP contribution in [0.25, 0.3) is 22.3 Å². The standard InChI is InChI=1S/C31H33N3O3/c35-29-26-10-4-5-11-27(26)37-30(31(29)36-22-23-8-2-1-3-9-23)24-13-15-25(16-14-24)33-18-20-34(21-19-33)28-12-6-7-17-32-28/h4-7,10-17,23H,1-3,8-9,18-22H2. The molecule has 1 saturated heterocycles. The van der Waals surface area contributed by atoms with Crippen LogP contribution in [0, 0.1) is 5.92 Å². The molecule has 1 aliphatic heterocycles. The van der Waals surface area contributed by atoms with Crippen LogP contribution < -0.4 is 20.0 Å². The van der Waals surface area contributed by atoms with Gasteiger partial charge in [0.15, 0.2) is 5.76 Å². The van der Waals surface area contributed by atoms with Crippen LogP contribution in [0.15, 0.2) is 82.1 Å². The summed E-state index contributed by atoms with van der Waals surface area (Å²) in [6, 6.07) is 21.8. The molecule has 6 nitrogen and oxygen atoms in total. The van der Waals surface area contributed by atoms with Gasteiger partial charge in [0, 0.05) is 43.6 Å². The van der Waals surface area contributed by atoms with Crippen molar-refractivity contribution in [2.24, 2.45) is 5.92 Å². The Bertz CT molecular complexity index is 1390. The molecule has 0 amide bonds. The number of fused-ring (bicyclic) bond motifs is 1. The Morgan fingerprint density at radius 2 is 1.57 bits per heavy atom. The van der Waals surface area contributed by atoms with Crippen molar-refractivity contribution < 1.29 is 9.15 Å².